The average molecular weight is 371 g/mol. The molecule has 0 bridgehead atoms. The van der Waals surface area contributed by atoms with Gasteiger partial charge < -0.3 is 15.0 Å². The van der Waals surface area contributed by atoms with Crippen LogP contribution in [0.3, 0.4) is 0 Å². The fourth-order valence-corrected chi connectivity index (χ4v) is 3.77. The number of aryl methyl sites for hydroxylation is 1. The predicted octanol–water partition coefficient (Wildman–Crippen LogP) is 2.61. The SMILES string of the molecule is CN=C(NCCc1cn2cccc(C)c2n1)NCC(C)(C)N1CCCCC1. The molecule has 2 aromatic rings. The first kappa shape index (κ1) is 19.7. The van der Waals surface area contributed by atoms with Gasteiger partial charge in [0.2, 0.25) is 0 Å². The zero-order valence-electron chi connectivity index (χ0n) is 17.3. The van der Waals surface area contributed by atoms with Gasteiger partial charge in [-0.25, -0.2) is 4.98 Å². The lowest BCUT2D eigenvalue weighted by Gasteiger charge is -2.41. The second-order valence-corrected chi connectivity index (χ2v) is 8.12. The molecule has 0 atom stereocenters. The smallest absolute Gasteiger partial charge is 0.191 e. The third-order valence-electron chi connectivity index (χ3n) is 5.53. The predicted molar refractivity (Wildman–Crippen MR) is 113 cm³/mol. The number of guanidine groups is 1. The van der Waals surface area contributed by atoms with Crippen LogP contribution in [0.1, 0.15) is 44.4 Å². The summed E-state index contributed by atoms with van der Waals surface area (Å²) in [4.78, 5) is 11.7. The number of hydrogen-bond donors (Lipinski definition) is 2. The van der Waals surface area contributed by atoms with E-state index < -0.39 is 0 Å². The molecule has 0 aliphatic carbocycles. The molecular formula is C21H34N6. The van der Waals surface area contributed by atoms with E-state index in [-0.39, 0.29) is 5.54 Å². The van der Waals surface area contributed by atoms with Gasteiger partial charge in [0.15, 0.2) is 5.96 Å². The van der Waals surface area contributed by atoms with E-state index in [0.29, 0.717) is 0 Å². The molecule has 3 heterocycles. The van der Waals surface area contributed by atoms with Crippen molar-refractivity contribution in [2.75, 3.05) is 33.2 Å². The zero-order valence-corrected chi connectivity index (χ0v) is 17.3. The first-order valence-electron chi connectivity index (χ1n) is 10.1. The number of rotatable bonds is 6. The van der Waals surface area contributed by atoms with E-state index >= 15 is 0 Å². The number of aliphatic imine (C=N–C) groups is 1. The van der Waals surface area contributed by atoms with E-state index in [4.69, 9.17) is 4.98 Å². The molecule has 6 heteroatoms. The van der Waals surface area contributed by atoms with Crippen LogP contribution in [-0.2, 0) is 6.42 Å². The van der Waals surface area contributed by atoms with Crippen LogP contribution in [0.15, 0.2) is 29.5 Å². The standard InChI is InChI=1S/C21H34N6/c1-17-9-8-12-26-15-18(25-19(17)26)10-11-23-20(22-4)24-16-21(2,3)27-13-6-5-7-14-27/h8-9,12,15H,5-7,10-11,13-14,16H2,1-4H3,(H2,22,23,24). The zero-order chi connectivity index (χ0) is 19.3. The summed E-state index contributed by atoms with van der Waals surface area (Å²) in [6, 6.07) is 4.15. The molecule has 1 aliphatic rings. The van der Waals surface area contributed by atoms with Crippen LogP contribution < -0.4 is 10.6 Å². The summed E-state index contributed by atoms with van der Waals surface area (Å²) in [6.45, 7) is 10.8. The third kappa shape index (κ3) is 5.01. The molecule has 6 nitrogen and oxygen atoms in total. The van der Waals surface area contributed by atoms with Gasteiger partial charge in [0, 0.05) is 44.5 Å². The lowest BCUT2D eigenvalue weighted by atomic mass is 9.98. The molecule has 0 spiro atoms. The van der Waals surface area contributed by atoms with Gasteiger partial charge in [-0.2, -0.15) is 0 Å². The van der Waals surface area contributed by atoms with Crippen molar-refractivity contribution in [3.05, 3.63) is 35.8 Å². The first-order chi connectivity index (χ1) is 13.0. The second kappa shape index (κ2) is 8.74. The maximum atomic E-state index is 4.74. The highest BCUT2D eigenvalue weighted by atomic mass is 15.2. The van der Waals surface area contributed by atoms with Gasteiger partial charge in [-0.3, -0.25) is 9.89 Å². The minimum Gasteiger partial charge on any atom is -0.356 e. The molecule has 3 rings (SSSR count). The lowest BCUT2D eigenvalue weighted by Crippen LogP contribution is -2.55. The fraction of sp³-hybridized carbons (Fsp3) is 0.619. The average Bonchev–Trinajstić information content (AvgIpc) is 3.09. The molecule has 148 valence electrons. The van der Waals surface area contributed by atoms with Crippen molar-refractivity contribution in [2.45, 2.75) is 52.0 Å². The molecule has 1 fully saturated rings. The van der Waals surface area contributed by atoms with Gasteiger partial charge in [-0.15, -0.1) is 0 Å². The molecule has 0 amide bonds. The van der Waals surface area contributed by atoms with Crippen molar-refractivity contribution in [3.8, 4) is 0 Å². The molecule has 1 saturated heterocycles. The van der Waals surface area contributed by atoms with Gasteiger partial charge in [-0.05, 0) is 58.3 Å². The number of likely N-dealkylation sites (tertiary alicyclic amines) is 1. The lowest BCUT2D eigenvalue weighted by molar-refractivity contribution is 0.0982. The van der Waals surface area contributed by atoms with Crippen LogP contribution in [0.4, 0.5) is 0 Å². The number of imidazole rings is 1. The van der Waals surface area contributed by atoms with Crippen LogP contribution in [-0.4, -0.2) is 59.0 Å². The van der Waals surface area contributed by atoms with E-state index in [0.717, 1.165) is 36.8 Å². The summed E-state index contributed by atoms with van der Waals surface area (Å²) in [7, 11) is 1.83. The largest absolute Gasteiger partial charge is 0.356 e. The van der Waals surface area contributed by atoms with Gasteiger partial charge in [-0.1, -0.05) is 12.5 Å². The van der Waals surface area contributed by atoms with Crippen molar-refractivity contribution >= 4 is 11.6 Å². The number of aromatic nitrogens is 2. The normalized spacial score (nSPS) is 16.7. The first-order valence-corrected chi connectivity index (χ1v) is 10.1. The molecule has 2 aromatic heterocycles. The Morgan fingerprint density at radius 2 is 2.00 bits per heavy atom. The maximum Gasteiger partial charge on any atom is 0.191 e. The summed E-state index contributed by atoms with van der Waals surface area (Å²) in [5, 5.41) is 6.92. The Balaban J connectivity index is 1.48. The topological polar surface area (TPSA) is 57.0 Å². The number of hydrogen-bond acceptors (Lipinski definition) is 3. The monoisotopic (exact) mass is 370 g/mol. The van der Waals surface area contributed by atoms with Gasteiger partial charge in [0.05, 0.1) is 5.69 Å². The van der Waals surface area contributed by atoms with Gasteiger partial charge in [0.25, 0.3) is 0 Å². The second-order valence-electron chi connectivity index (χ2n) is 8.12. The van der Waals surface area contributed by atoms with Gasteiger partial charge >= 0.3 is 0 Å². The Morgan fingerprint density at radius 3 is 2.70 bits per heavy atom. The Kier molecular flexibility index (Phi) is 6.37. The van der Waals surface area contributed by atoms with Crippen LogP contribution in [0, 0.1) is 6.92 Å². The Labute approximate surface area is 163 Å². The van der Waals surface area contributed by atoms with Crippen LogP contribution in [0.25, 0.3) is 5.65 Å². The Hall–Kier alpha value is -2.08. The molecule has 1 aliphatic heterocycles. The number of nitrogens with zero attached hydrogens (tertiary/aromatic N) is 4. The van der Waals surface area contributed by atoms with E-state index in [9.17, 15) is 0 Å². The molecule has 0 unspecified atom stereocenters. The minimum atomic E-state index is 0.136. The Morgan fingerprint density at radius 1 is 1.22 bits per heavy atom. The Bertz CT molecular complexity index is 770. The molecule has 0 aromatic carbocycles. The van der Waals surface area contributed by atoms with Crippen molar-refractivity contribution < 1.29 is 0 Å². The third-order valence-corrected chi connectivity index (χ3v) is 5.53. The highest BCUT2D eigenvalue weighted by Gasteiger charge is 2.27. The molecule has 2 N–H and O–H groups in total. The van der Waals surface area contributed by atoms with Crippen molar-refractivity contribution in [1.29, 1.82) is 0 Å². The highest BCUT2D eigenvalue weighted by molar-refractivity contribution is 5.79. The molecule has 0 saturated carbocycles. The van der Waals surface area contributed by atoms with E-state index in [2.05, 4.69) is 70.2 Å². The molecular weight excluding hydrogens is 336 g/mol. The fourth-order valence-electron chi connectivity index (χ4n) is 3.77. The van der Waals surface area contributed by atoms with Crippen LogP contribution in [0.2, 0.25) is 0 Å². The summed E-state index contributed by atoms with van der Waals surface area (Å²) in [5.74, 6) is 0.861. The summed E-state index contributed by atoms with van der Waals surface area (Å²) in [6.07, 6.45) is 9.03. The van der Waals surface area contributed by atoms with Gasteiger partial charge in [0.1, 0.15) is 5.65 Å². The van der Waals surface area contributed by atoms with Crippen molar-refractivity contribution in [1.82, 2.24) is 24.9 Å². The summed E-state index contributed by atoms with van der Waals surface area (Å²) < 4.78 is 2.10. The minimum absolute atomic E-state index is 0.136. The number of pyridine rings is 1. The molecule has 0 radical (unpaired) electrons. The van der Waals surface area contributed by atoms with E-state index in [1.54, 1.807) is 0 Å². The maximum absolute atomic E-state index is 4.74. The highest BCUT2D eigenvalue weighted by Crippen LogP contribution is 2.19. The number of nitrogens with one attached hydrogen (secondary N) is 2. The summed E-state index contributed by atoms with van der Waals surface area (Å²) >= 11 is 0. The number of fused-ring (bicyclic) bond motifs is 1. The number of piperidine rings is 1. The molecule has 27 heavy (non-hydrogen) atoms. The van der Waals surface area contributed by atoms with Crippen LogP contribution in [0.5, 0.6) is 0 Å². The van der Waals surface area contributed by atoms with Crippen molar-refractivity contribution in [3.63, 3.8) is 0 Å². The van der Waals surface area contributed by atoms with E-state index in [1.165, 1.54) is 37.9 Å². The quantitative estimate of drug-likeness (QED) is 0.606. The van der Waals surface area contributed by atoms with E-state index in [1.807, 2.05) is 7.05 Å². The summed E-state index contributed by atoms with van der Waals surface area (Å²) in [5.41, 5.74) is 3.48. The van der Waals surface area contributed by atoms with Crippen molar-refractivity contribution in [2.24, 2.45) is 4.99 Å². The van der Waals surface area contributed by atoms with Crippen LogP contribution >= 0.6 is 0 Å².